The van der Waals surface area contributed by atoms with Gasteiger partial charge in [0.2, 0.25) is 0 Å². The molecule has 0 fully saturated rings. The van der Waals surface area contributed by atoms with Crippen molar-refractivity contribution in [2.24, 2.45) is 0 Å². The van der Waals surface area contributed by atoms with Crippen molar-refractivity contribution >= 4 is 18.7 Å². The fourth-order valence-corrected chi connectivity index (χ4v) is 0.919. The van der Waals surface area contributed by atoms with Crippen LogP contribution in [-0.2, 0) is 0 Å². The van der Waals surface area contributed by atoms with Gasteiger partial charge in [-0.2, -0.15) is 0 Å². The molecule has 1 nitrogen and oxygen atoms in total. The van der Waals surface area contributed by atoms with Crippen LogP contribution in [-0.4, -0.2) is 13.3 Å². The monoisotopic (exact) mass is 248 g/mol. The van der Waals surface area contributed by atoms with E-state index in [9.17, 15) is 26.5 Å². The largest absolute Gasteiger partial charge is 1.00 e. The van der Waals surface area contributed by atoms with Gasteiger partial charge in [0.05, 0.1) is 11.4 Å². The Morgan fingerprint density at radius 2 is 1.60 bits per heavy atom. The third-order valence-corrected chi connectivity index (χ3v) is 1.60. The molecule has 0 aliphatic rings. The summed E-state index contributed by atoms with van der Waals surface area (Å²) in [5, 5.41) is 0. The minimum atomic E-state index is -5.60. The predicted octanol–water partition coefficient (Wildman–Crippen LogP) is -1.16. The molecule has 0 amide bonds. The summed E-state index contributed by atoms with van der Waals surface area (Å²) in [7, 11) is 0. The van der Waals surface area contributed by atoms with Crippen LogP contribution in [0.15, 0.2) is 12.1 Å². The second-order valence-electron chi connectivity index (χ2n) is 2.59. The molecule has 0 atom stereocenters. The predicted molar refractivity (Wildman–Crippen MR) is 40.5 cm³/mol. The molecule has 1 aromatic rings. The first-order chi connectivity index (χ1) is 6.36. The van der Waals surface area contributed by atoms with Crippen molar-refractivity contribution in [3.63, 3.8) is 0 Å². The average molecular weight is 248 g/mol. The molecular weight excluding hydrogens is 245 g/mol. The van der Waals surface area contributed by atoms with Crippen molar-refractivity contribution in [1.82, 2.24) is 0 Å². The molecule has 0 unspecified atom stereocenters. The van der Waals surface area contributed by atoms with Gasteiger partial charge in [-0.25, -0.2) is 8.78 Å². The molecule has 1 aromatic carbocycles. The van der Waals surface area contributed by atoms with Crippen molar-refractivity contribution in [1.29, 1.82) is 0 Å². The molecule has 0 aromatic heterocycles. The standard InChI is InChI=1S/C7H3BF5O.K/c9-6-2-5(8(11,12)13)7(10)1-4(6)3-14;/h1-3H;/q-1;+1. The van der Waals surface area contributed by atoms with Crippen LogP contribution in [0.2, 0.25) is 0 Å². The van der Waals surface area contributed by atoms with Crippen LogP contribution in [0.1, 0.15) is 10.4 Å². The normalized spacial score (nSPS) is 10.7. The quantitative estimate of drug-likeness (QED) is 0.366. The number of hydrogen-bond donors (Lipinski definition) is 0. The summed E-state index contributed by atoms with van der Waals surface area (Å²) < 4.78 is 61.5. The van der Waals surface area contributed by atoms with E-state index < -0.39 is 29.6 Å². The van der Waals surface area contributed by atoms with Gasteiger partial charge in [0, 0.05) is 0 Å². The first-order valence-corrected chi connectivity index (χ1v) is 3.50. The summed E-state index contributed by atoms with van der Waals surface area (Å²) in [5.74, 6) is -3.02. The maximum Gasteiger partial charge on any atom is 1.00 e. The molecule has 0 saturated heterocycles. The average Bonchev–Trinajstić information content (AvgIpc) is 2.06. The Labute approximate surface area is 125 Å². The number of carbonyl (C=O) groups is 1. The topological polar surface area (TPSA) is 17.1 Å². The molecule has 1 rings (SSSR count). The molecule has 15 heavy (non-hydrogen) atoms. The smallest absolute Gasteiger partial charge is 0.445 e. The molecule has 0 heterocycles. The van der Waals surface area contributed by atoms with Crippen molar-refractivity contribution in [3.8, 4) is 0 Å². The zero-order valence-corrected chi connectivity index (χ0v) is 10.7. The van der Waals surface area contributed by atoms with E-state index in [1.807, 2.05) is 0 Å². The van der Waals surface area contributed by atoms with Crippen LogP contribution in [0.4, 0.5) is 21.7 Å². The third-order valence-electron chi connectivity index (χ3n) is 1.60. The van der Waals surface area contributed by atoms with Gasteiger partial charge in [0.1, 0.15) is 5.82 Å². The number of halogens is 5. The fraction of sp³-hybridized carbons (Fsp3) is 0. The Bertz CT molecular complexity index is 378. The maximum absolute atomic E-state index is 12.7. The molecule has 76 valence electrons. The van der Waals surface area contributed by atoms with Crippen LogP contribution in [0.3, 0.4) is 0 Å². The number of carbonyl (C=O) groups excluding carboxylic acids is 1. The van der Waals surface area contributed by atoms with E-state index in [1.165, 1.54) is 0 Å². The van der Waals surface area contributed by atoms with E-state index in [0.29, 0.717) is 0 Å². The summed E-state index contributed by atoms with van der Waals surface area (Å²) in [5.41, 5.74) is -2.39. The zero-order chi connectivity index (χ0) is 10.9. The first-order valence-electron chi connectivity index (χ1n) is 3.50. The van der Waals surface area contributed by atoms with E-state index in [2.05, 4.69) is 0 Å². The third kappa shape index (κ3) is 3.63. The summed E-state index contributed by atoms with van der Waals surface area (Å²) >= 11 is 0. The van der Waals surface area contributed by atoms with Gasteiger partial charge in [-0.1, -0.05) is 5.46 Å². The number of hydrogen-bond acceptors (Lipinski definition) is 1. The second-order valence-corrected chi connectivity index (χ2v) is 2.59. The first kappa shape index (κ1) is 15.2. The number of aldehydes is 1. The summed E-state index contributed by atoms with van der Waals surface area (Å²) in [6.45, 7) is -5.60. The molecule has 8 heteroatoms. The summed E-state index contributed by atoms with van der Waals surface area (Å²) in [6.07, 6.45) is -0.0500. The van der Waals surface area contributed by atoms with Gasteiger partial charge in [-0.15, -0.1) is 0 Å². The maximum atomic E-state index is 12.7. The minimum Gasteiger partial charge on any atom is -0.445 e. The van der Waals surface area contributed by atoms with Crippen LogP contribution < -0.4 is 56.8 Å². The minimum absolute atomic E-state index is 0. The molecule has 0 saturated carbocycles. The molecule has 0 bridgehead atoms. The fourth-order valence-electron chi connectivity index (χ4n) is 0.919. The van der Waals surface area contributed by atoms with Crippen molar-refractivity contribution in [2.45, 2.75) is 0 Å². The van der Waals surface area contributed by atoms with Crippen molar-refractivity contribution in [2.75, 3.05) is 0 Å². The summed E-state index contributed by atoms with van der Waals surface area (Å²) in [4.78, 5) is 10.1. The Balaban J connectivity index is 0.00000196. The molecular formula is C7H3BF5KO. The zero-order valence-electron chi connectivity index (χ0n) is 7.61. The van der Waals surface area contributed by atoms with Gasteiger partial charge < -0.3 is 12.9 Å². The van der Waals surface area contributed by atoms with E-state index in [4.69, 9.17) is 0 Å². The van der Waals surface area contributed by atoms with E-state index in [-0.39, 0.29) is 69.8 Å². The summed E-state index contributed by atoms with van der Waals surface area (Å²) in [6, 6.07) is 0.214. The number of rotatable bonds is 2. The van der Waals surface area contributed by atoms with Gasteiger partial charge in [-0.05, 0) is 12.1 Å². The molecule has 0 spiro atoms. The van der Waals surface area contributed by atoms with Gasteiger partial charge in [-0.3, -0.25) is 4.79 Å². The van der Waals surface area contributed by atoms with E-state index >= 15 is 0 Å². The number of benzene rings is 1. The van der Waals surface area contributed by atoms with Crippen LogP contribution >= 0.6 is 0 Å². The van der Waals surface area contributed by atoms with Crippen molar-refractivity contribution < 1.29 is 77.9 Å². The second kappa shape index (κ2) is 5.53. The SMILES string of the molecule is O=Cc1cc(F)c([B-](F)(F)F)cc1F.[K+]. The Hall–Kier alpha value is 0.241. The van der Waals surface area contributed by atoms with E-state index in [0.717, 1.165) is 0 Å². The van der Waals surface area contributed by atoms with Gasteiger partial charge >= 0.3 is 58.4 Å². The van der Waals surface area contributed by atoms with Crippen LogP contribution in [0.25, 0.3) is 0 Å². The van der Waals surface area contributed by atoms with Gasteiger partial charge in [0.25, 0.3) is 0 Å². The van der Waals surface area contributed by atoms with Crippen LogP contribution in [0.5, 0.6) is 0 Å². The molecule has 0 aliphatic heterocycles. The van der Waals surface area contributed by atoms with Crippen LogP contribution in [0, 0.1) is 11.6 Å². The van der Waals surface area contributed by atoms with E-state index in [1.54, 1.807) is 0 Å². The Morgan fingerprint density at radius 3 is 2.00 bits per heavy atom. The van der Waals surface area contributed by atoms with Crippen molar-refractivity contribution in [3.05, 3.63) is 29.3 Å². The molecule has 0 aliphatic carbocycles. The molecule has 0 radical (unpaired) electrons. The Morgan fingerprint density at radius 1 is 1.07 bits per heavy atom. The molecule has 0 N–H and O–H groups in total. The van der Waals surface area contributed by atoms with Gasteiger partial charge in [0.15, 0.2) is 6.29 Å². The Kier molecular flexibility index (Phi) is 5.62.